The van der Waals surface area contributed by atoms with E-state index in [9.17, 15) is 4.39 Å². The van der Waals surface area contributed by atoms with Crippen LogP contribution in [-0.4, -0.2) is 38.4 Å². The summed E-state index contributed by atoms with van der Waals surface area (Å²) >= 11 is 0. The lowest BCUT2D eigenvalue weighted by Gasteiger charge is -2.25. The Labute approximate surface area is 198 Å². The van der Waals surface area contributed by atoms with Crippen molar-refractivity contribution in [3.05, 3.63) is 102 Å². The molecule has 3 nitrogen and oxygen atoms in total. The van der Waals surface area contributed by atoms with Gasteiger partial charge in [-0.3, -0.25) is 9.38 Å². The third-order valence-corrected chi connectivity index (χ3v) is 5.21. The summed E-state index contributed by atoms with van der Waals surface area (Å²) in [6, 6.07) is 20.7. The predicted molar refractivity (Wildman–Crippen MR) is 142 cm³/mol. The summed E-state index contributed by atoms with van der Waals surface area (Å²) < 4.78 is 9.50. The Morgan fingerprint density at radius 3 is 2.06 bits per heavy atom. The number of nitrogens with zero attached hydrogens (tertiary/aromatic N) is 1. The normalized spacial score (nSPS) is 16.1. The number of aliphatic imine (C=N–C) groups is 1. The molecular formula is C29H38FN3+2. The summed E-state index contributed by atoms with van der Waals surface area (Å²) in [5.74, 6) is 0. The zero-order valence-corrected chi connectivity index (χ0v) is 21.0. The second kappa shape index (κ2) is 14.6. The van der Waals surface area contributed by atoms with E-state index >= 15 is 0 Å². The van der Waals surface area contributed by atoms with E-state index in [0.717, 1.165) is 28.4 Å². The van der Waals surface area contributed by atoms with Crippen LogP contribution in [-0.2, 0) is 5.41 Å². The highest BCUT2D eigenvalue weighted by atomic mass is 19.1. The molecule has 1 aliphatic carbocycles. The zero-order valence-electron chi connectivity index (χ0n) is 21.0. The summed E-state index contributed by atoms with van der Waals surface area (Å²) in [6.07, 6.45) is 10.5. The maximum atomic E-state index is 9.50. The van der Waals surface area contributed by atoms with E-state index in [2.05, 4.69) is 95.6 Å². The van der Waals surface area contributed by atoms with Crippen molar-refractivity contribution >= 4 is 22.8 Å². The molecule has 0 aromatic heterocycles. The highest BCUT2D eigenvalue weighted by Crippen LogP contribution is 2.26. The first kappa shape index (κ1) is 27.6. The number of nitrogens with one attached hydrogen (secondary N) is 2. The van der Waals surface area contributed by atoms with Crippen molar-refractivity contribution in [2.75, 3.05) is 21.3 Å². The van der Waals surface area contributed by atoms with Crippen molar-refractivity contribution in [1.82, 2.24) is 0 Å². The van der Waals surface area contributed by atoms with Gasteiger partial charge in [0.25, 0.3) is 11.4 Å². The van der Waals surface area contributed by atoms with Crippen molar-refractivity contribution in [3.63, 3.8) is 0 Å². The van der Waals surface area contributed by atoms with Gasteiger partial charge in [0.1, 0.15) is 7.05 Å². The van der Waals surface area contributed by atoms with Crippen LogP contribution >= 0.6 is 0 Å². The lowest BCUT2D eigenvalue weighted by molar-refractivity contribution is -0.421. The number of para-hydroxylation sites is 1. The predicted octanol–water partition coefficient (Wildman–Crippen LogP) is 3.70. The van der Waals surface area contributed by atoms with E-state index in [1.165, 1.54) is 5.56 Å². The second-order valence-corrected chi connectivity index (χ2v) is 7.44. The quantitative estimate of drug-likeness (QED) is 0.518. The molecule has 0 atom stereocenters. The van der Waals surface area contributed by atoms with Gasteiger partial charge in [-0.2, -0.15) is 4.99 Å². The Kier molecular flexibility index (Phi) is 12.2. The molecule has 0 radical (unpaired) electrons. The highest BCUT2D eigenvalue weighted by Gasteiger charge is 2.27. The average molecular weight is 448 g/mol. The first-order valence-electron chi connectivity index (χ1n) is 11.3. The van der Waals surface area contributed by atoms with Gasteiger partial charge in [-0.1, -0.05) is 82.3 Å². The lowest BCUT2D eigenvalue weighted by atomic mass is 9.79. The van der Waals surface area contributed by atoms with E-state index in [0.29, 0.717) is 7.18 Å². The van der Waals surface area contributed by atoms with Gasteiger partial charge in [-0.05, 0) is 23.8 Å². The van der Waals surface area contributed by atoms with Crippen molar-refractivity contribution in [2.45, 2.75) is 33.1 Å². The molecule has 0 spiro atoms. The molecule has 0 fully saturated rings. The Morgan fingerprint density at radius 2 is 1.52 bits per heavy atom. The summed E-state index contributed by atoms with van der Waals surface area (Å²) in [5, 5.41) is 0. The minimum absolute atomic E-state index is 0.180. The number of hydrogen-bond acceptors (Lipinski definition) is 1. The van der Waals surface area contributed by atoms with Crippen molar-refractivity contribution < 1.29 is 14.4 Å². The molecule has 4 heteroatoms. The van der Waals surface area contributed by atoms with Crippen LogP contribution in [0.2, 0.25) is 0 Å². The van der Waals surface area contributed by atoms with Gasteiger partial charge in [-0.15, -0.1) is 0 Å². The fraction of sp³-hybridized carbons (Fsp3) is 0.276. The van der Waals surface area contributed by atoms with Gasteiger partial charge in [0.05, 0.1) is 12.8 Å². The molecule has 0 saturated heterocycles. The van der Waals surface area contributed by atoms with Gasteiger partial charge in [0.2, 0.25) is 5.69 Å². The number of alkyl halides is 1. The number of hydrogen-bond donors (Lipinski definition) is 2. The van der Waals surface area contributed by atoms with Crippen LogP contribution in [0.3, 0.4) is 0 Å². The zero-order chi connectivity index (χ0) is 24.7. The van der Waals surface area contributed by atoms with E-state index in [4.69, 9.17) is 0 Å². The van der Waals surface area contributed by atoms with Crippen LogP contribution in [0.4, 0.5) is 10.1 Å². The highest BCUT2D eigenvalue weighted by molar-refractivity contribution is 6.49. The Bertz CT molecular complexity index is 1030. The van der Waals surface area contributed by atoms with Crippen LogP contribution < -0.4 is 9.98 Å². The van der Waals surface area contributed by atoms with E-state index in [1.807, 2.05) is 52.2 Å². The number of benzene rings is 2. The molecule has 0 heterocycles. The maximum Gasteiger partial charge on any atom is 0.282 e. The standard InChI is InChI=1S/C26H27N3.C2H6.CH3F/c1-26(2,21-13-7-5-8-14-21)24(28-4)19-18-20-12-11-17-23(27-3)25(20)29-22-15-9-6-10-16-22;2*1-2/h5-19H,1-4H3;1-2H3;1H3/p+2/b19-18+,27-23?,28-24?,29-25?;;. The molecule has 0 bridgehead atoms. The van der Waals surface area contributed by atoms with E-state index < -0.39 is 0 Å². The van der Waals surface area contributed by atoms with Gasteiger partial charge in [0.15, 0.2) is 0 Å². The third-order valence-electron chi connectivity index (χ3n) is 5.21. The fourth-order valence-electron chi connectivity index (χ4n) is 3.46. The first-order chi connectivity index (χ1) is 16.1. The van der Waals surface area contributed by atoms with Crippen LogP contribution in [0.1, 0.15) is 33.3 Å². The third kappa shape index (κ3) is 7.60. The number of rotatable bonds is 5. The summed E-state index contributed by atoms with van der Waals surface area (Å²) in [4.78, 5) is 11.4. The summed E-state index contributed by atoms with van der Waals surface area (Å²) in [7, 11) is 4.30. The smallest absolute Gasteiger partial charge is 0.282 e. The molecule has 2 aromatic rings. The molecule has 0 unspecified atom stereocenters. The molecule has 2 N–H and O–H groups in total. The monoisotopic (exact) mass is 447 g/mol. The van der Waals surface area contributed by atoms with Crippen molar-refractivity contribution in [2.24, 2.45) is 4.99 Å². The van der Waals surface area contributed by atoms with E-state index in [-0.39, 0.29) is 5.41 Å². The topological polar surface area (TPSA) is 40.3 Å². The minimum atomic E-state index is -0.180. The van der Waals surface area contributed by atoms with Crippen LogP contribution in [0.15, 0.2) is 102 Å². The first-order valence-corrected chi connectivity index (χ1v) is 11.3. The molecular weight excluding hydrogens is 409 g/mol. The molecule has 33 heavy (non-hydrogen) atoms. The SMILES string of the molecule is CC.CF.CN=C(/C=C/C1=CC=CC(=[NH+]C)C1=[NH+]c1ccccc1)C(C)(C)c1ccccc1. The van der Waals surface area contributed by atoms with Gasteiger partial charge in [-0.25, -0.2) is 4.99 Å². The summed E-state index contributed by atoms with van der Waals surface area (Å²) in [5.41, 5.74) is 6.35. The van der Waals surface area contributed by atoms with Gasteiger partial charge < -0.3 is 0 Å². The van der Waals surface area contributed by atoms with E-state index in [1.54, 1.807) is 0 Å². The second-order valence-electron chi connectivity index (χ2n) is 7.44. The molecule has 1 aliphatic rings. The van der Waals surface area contributed by atoms with Crippen molar-refractivity contribution in [1.29, 1.82) is 0 Å². The number of halogens is 1. The number of allylic oxidation sites excluding steroid dienone is 6. The van der Waals surface area contributed by atoms with Gasteiger partial charge in [0, 0.05) is 36.4 Å². The largest absolute Gasteiger partial charge is 0.292 e. The van der Waals surface area contributed by atoms with Crippen molar-refractivity contribution in [3.8, 4) is 0 Å². The minimum Gasteiger partial charge on any atom is -0.292 e. The van der Waals surface area contributed by atoms with Crippen LogP contribution in [0.25, 0.3) is 0 Å². The van der Waals surface area contributed by atoms with Gasteiger partial charge >= 0.3 is 0 Å². The summed E-state index contributed by atoms with van der Waals surface area (Å²) in [6.45, 7) is 8.42. The molecule has 0 aliphatic heterocycles. The lowest BCUT2D eigenvalue weighted by Crippen LogP contribution is -2.78. The average Bonchev–Trinajstić information content (AvgIpc) is 2.88. The maximum absolute atomic E-state index is 9.50. The Balaban J connectivity index is 0.00000129. The molecule has 0 saturated carbocycles. The fourth-order valence-corrected chi connectivity index (χ4v) is 3.46. The Hall–Kier alpha value is -3.40. The Morgan fingerprint density at radius 1 is 0.939 bits per heavy atom. The van der Waals surface area contributed by atoms with Crippen LogP contribution in [0, 0.1) is 0 Å². The molecule has 0 amide bonds. The molecule has 174 valence electrons. The molecule has 2 aromatic carbocycles. The van der Waals surface area contributed by atoms with Crippen LogP contribution in [0.5, 0.6) is 0 Å². The molecule has 3 rings (SSSR count).